The first-order valence-electron chi connectivity index (χ1n) is 6.24. The lowest BCUT2D eigenvalue weighted by Crippen LogP contribution is -1.88. The Kier molecular flexibility index (Phi) is 3.32. The topological polar surface area (TPSA) is 52.0 Å². The SMILES string of the molecule is Cc1ccc(-c2noc(N)c2-c2ccccc2)cc1Br. The molecule has 0 fully saturated rings. The average molecular weight is 329 g/mol. The fourth-order valence-electron chi connectivity index (χ4n) is 2.12. The monoisotopic (exact) mass is 328 g/mol. The highest BCUT2D eigenvalue weighted by molar-refractivity contribution is 9.10. The highest BCUT2D eigenvalue weighted by Gasteiger charge is 2.17. The molecule has 0 unspecified atom stereocenters. The van der Waals surface area contributed by atoms with E-state index in [1.54, 1.807) is 0 Å². The van der Waals surface area contributed by atoms with Gasteiger partial charge in [-0.3, -0.25) is 0 Å². The molecule has 0 saturated carbocycles. The summed E-state index contributed by atoms with van der Waals surface area (Å²) in [5, 5.41) is 4.11. The first kappa shape index (κ1) is 12.9. The van der Waals surface area contributed by atoms with E-state index >= 15 is 0 Å². The van der Waals surface area contributed by atoms with Crippen LogP contribution in [-0.2, 0) is 0 Å². The fraction of sp³-hybridized carbons (Fsp3) is 0.0625. The number of rotatable bonds is 2. The van der Waals surface area contributed by atoms with E-state index in [4.69, 9.17) is 10.3 Å². The van der Waals surface area contributed by atoms with Crippen LogP contribution >= 0.6 is 15.9 Å². The van der Waals surface area contributed by atoms with Crippen LogP contribution in [0.15, 0.2) is 57.5 Å². The highest BCUT2D eigenvalue weighted by Crippen LogP contribution is 2.37. The molecule has 2 aromatic carbocycles. The third-order valence-corrected chi connectivity index (χ3v) is 4.08. The van der Waals surface area contributed by atoms with Crippen LogP contribution in [-0.4, -0.2) is 5.16 Å². The lowest BCUT2D eigenvalue weighted by atomic mass is 10.0. The van der Waals surface area contributed by atoms with E-state index in [1.807, 2.05) is 55.5 Å². The Labute approximate surface area is 125 Å². The predicted molar refractivity (Wildman–Crippen MR) is 84.2 cm³/mol. The van der Waals surface area contributed by atoms with Gasteiger partial charge in [0.05, 0.1) is 5.56 Å². The van der Waals surface area contributed by atoms with Gasteiger partial charge < -0.3 is 10.3 Å². The van der Waals surface area contributed by atoms with Crippen LogP contribution in [0.25, 0.3) is 22.4 Å². The minimum absolute atomic E-state index is 0.336. The summed E-state index contributed by atoms with van der Waals surface area (Å²) < 4.78 is 6.22. The standard InChI is InChI=1S/C16H13BrN2O/c1-10-7-8-12(9-13(10)17)15-14(16(18)20-19-15)11-5-3-2-4-6-11/h2-9H,18H2,1H3. The smallest absolute Gasteiger partial charge is 0.230 e. The summed E-state index contributed by atoms with van der Waals surface area (Å²) in [6.07, 6.45) is 0. The summed E-state index contributed by atoms with van der Waals surface area (Å²) in [6, 6.07) is 16.0. The number of hydrogen-bond donors (Lipinski definition) is 1. The molecule has 100 valence electrons. The van der Waals surface area contributed by atoms with Crippen LogP contribution in [0, 0.1) is 6.92 Å². The Bertz CT molecular complexity index is 750. The van der Waals surface area contributed by atoms with Gasteiger partial charge in [0.1, 0.15) is 5.69 Å². The Morgan fingerprint density at radius 3 is 2.50 bits per heavy atom. The van der Waals surface area contributed by atoms with Crippen molar-refractivity contribution in [2.45, 2.75) is 6.92 Å². The van der Waals surface area contributed by atoms with Gasteiger partial charge in [-0.15, -0.1) is 0 Å². The van der Waals surface area contributed by atoms with Crippen LogP contribution in [0.1, 0.15) is 5.56 Å². The number of aromatic nitrogens is 1. The molecule has 1 heterocycles. The van der Waals surface area contributed by atoms with Gasteiger partial charge in [-0.2, -0.15) is 0 Å². The van der Waals surface area contributed by atoms with Crippen molar-refractivity contribution in [3.05, 3.63) is 58.6 Å². The molecule has 1 aromatic heterocycles. The summed E-state index contributed by atoms with van der Waals surface area (Å²) in [7, 11) is 0. The Morgan fingerprint density at radius 1 is 1.05 bits per heavy atom. The number of nitrogen functional groups attached to an aromatic ring is 1. The lowest BCUT2D eigenvalue weighted by molar-refractivity contribution is 0.439. The lowest BCUT2D eigenvalue weighted by Gasteiger charge is -2.04. The number of nitrogens with zero attached hydrogens (tertiary/aromatic N) is 1. The van der Waals surface area contributed by atoms with Gasteiger partial charge in [-0.05, 0) is 24.1 Å². The van der Waals surface area contributed by atoms with Gasteiger partial charge in [-0.25, -0.2) is 0 Å². The number of hydrogen-bond acceptors (Lipinski definition) is 3. The number of benzene rings is 2. The Balaban J connectivity index is 2.18. The van der Waals surface area contributed by atoms with Crippen molar-refractivity contribution in [1.29, 1.82) is 0 Å². The molecule has 3 aromatic rings. The molecule has 0 amide bonds. The second-order valence-electron chi connectivity index (χ2n) is 4.60. The maximum Gasteiger partial charge on any atom is 0.230 e. The van der Waals surface area contributed by atoms with Gasteiger partial charge in [0.25, 0.3) is 0 Å². The maximum atomic E-state index is 5.94. The third kappa shape index (κ3) is 2.23. The molecule has 4 heteroatoms. The number of halogens is 1. The zero-order valence-corrected chi connectivity index (χ0v) is 12.5. The van der Waals surface area contributed by atoms with Crippen molar-refractivity contribution in [3.63, 3.8) is 0 Å². The third-order valence-electron chi connectivity index (χ3n) is 3.23. The first-order valence-corrected chi connectivity index (χ1v) is 7.03. The summed E-state index contributed by atoms with van der Waals surface area (Å²) >= 11 is 3.54. The molecular formula is C16H13BrN2O. The van der Waals surface area contributed by atoms with E-state index in [1.165, 1.54) is 5.56 Å². The summed E-state index contributed by atoms with van der Waals surface area (Å²) in [6.45, 7) is 2.04. The normalized spacial score (nSPS) is 10.7. The van der Waals surface area contributed by atoms with Gasteiger partial charge in [0, 0.05) is 10.0 Å². The van der Waals surface area contributed by atoms with E-state index < -0.39 is 0 Å². The molecular weight excluding hydrogens is 316 g/mol. The van der Waals surface area contributed by atoms with Crippen LogP contribution in [0.2, 0.25) is 0 Å². The predicted octanol–water partition coefficient (Wildman–Crippen LogP) is 4.66. The number of anilines is 1. The molecule has 0 spiro atoms. The van der Waals surface area contributed by atoms with E-state index in [2.05, 4.69) is 21.1 Å². The van der Waals surface area contributed by atoms with Crippen molar-refractivity contribution in [2.24, 2.45) is 0 Å². The second-order valence-corrected chi connectivity index (χ2v) is 5.45. The fourth-order valence-corrected chi connectivity index (χ4v) is 2.50. The highest BCUT2D eigenvalue weighted by atomic mass is 79.9. The molecule has 2 N–H and O–H groups in total. The Morgan fingerprint density at radius 2 is 1.80 bits per heavy atom. The molecule has 0 bridgehead atoms. The molecule has 0 aliphatic rings. The van der Waals surface area contributed by atoms with Crippen LogP contribution in [0.5, 0.6) is 0 Å². The molecule has 0 aliphatic carbocycles. The first-order chi connectivity index (χ1) is 9.66. The van der Waals surface area contributed by atoms with Gasteiger partial charge >= 0.3 is 0 Å². The number of aryl methyl sites for hydroxylation is 1. The molecule has 0 radical (unpaired) electrons. The second kappa shape index (κ2) is 5.13. The van der Waals surface area contributed by atoms with Crippen molar-refractivity contribution < 1.29 is 4.52 Å². The average Bonchev–Trinajstić information content (AvgIpc) is 2.85. The number of nitrogens with two attached hydrogens (primary N) is 1. The molecule has 3 nitrogen and oxygen atoms in total. The van der Waals surface area contributed by atoms with Gasteiger partial charge in [0.2, 0.25) is 5.88 Å². The van der Waals surface area contributed by atoms with E-state index in [0.717, 1.165) is 26.9 Å². The zero-order valence-electron chi connectivity index (χ0n) is 10.9. The molecule has 0 aliphatic heterocycles. The summed E-state index contributed by atoms with van der Waals surface area (Å²) in [5.74, 6) is 0.336. The summed E-state index contributed by atoms with van der Waals surface area (Å²) in [4.78, 5) is 0. The van der Waals surface area contributed by atoms with E-state index in [-0.39, 0.29) is 0 Å². The molecule has 0 saturated heterocycles. The van der Waals surface area contributed by atoms with Gasteiger partial charge in [0.15, 0.2) is 0 Å². The van der Waals surface area contributed by atoms with Crippen LogP contribution < -0.4 is 5.73 Å². The minimum atomic E-state index is 0.336. The quantitative estimate of drug-likeness (QED) is 0.744. The van der Waals surface area contributed by atoms with Crippen molar-refractivity contribution in [1.82, 2.24) is 5.16 Å². The minimum Gasteiger partial charge on any atom is -0.367 e. The van der Waals surface area contributed by atoms with Crippen LogP contribution in [0.3, 0.4) is 0 Å². The van der Waals surface area contributed by atoms with Gasteiger partial charge in [-0.1, -0.05) is 63.6 Å². The van der Waals surface area contributed by atoms with E-state index in [9.17, 15) is 0 Å². The zero-order chi connectivity index (χ0) is 14.1. The van der Waals surface area contributed by atoms with Crippen molar-refractivity contribution in [2.75, 3.05) is 5.73 Å². The Hall–Kier alpha value is -2.07. The van der Waals surface area contributed by atoms with Crippen molar-refractivity contribution in [3.8, 4) is 22.4 Å². The molecule has 3 rings (SSSR count). The summed E-state index contributed by atoms with van der Waals surface area (Å²) in [5.41, 5.74) is 10.7. The largest absolute Gasteiger partial charge is 0.367 e. The van der Waals surface area contributed by atoms with E-state index in [0.29, 0.717) is 5.88 Å². The molecule has 20 heavy (non-hydrogen) atoms. The van der Waals surface area contributed by atoms with Crippen LogP contribution in [0.4, 0.5) is 5.88 Å². The maximum absolute atomic E-state index is 5.94. The molecule has 0 atom stereocenters. The van der Waals surface area contributed by atoms with Crippen molar-refractivity contribution >= 4 is 21.8 Å².